The van der Waals surface area contributed by atoms with Gasteiger partial charge >= 0.3 is 0 Å². The molecule has 1 heterocycles. The number of hydrogen-bond donors (Lipinski definition) is 3. The van der Waals surface area contributed by atoms with E-state index in [0.717, 1.165) is 25.9 Å². The number of piperidine rings is 1. The number of rotatable bonds is 8. The van der Waals surface area contributed by atoms with Crippen LogP contribution in [0.2, 0.25) is 0 Å². The van der Waals surface area contributed by atoms with Crippen molar-refractivity contribution in [3.63, 3.8) is 0 Å². The van der Waals surface area contributed by atoms with Gasteiger partial charge in [-0.15, -0.1) is 11.8 Å². The minimum absolute atomic E-state index is 0.0361. The average Bonchev–Trinajstić information content (AvgIpc) is 2.38. The van der Waals surface area contributed by atoms with Gasteiger partial charge in [0.1, 0.15) is 0 Å². The molecule has 0 radical (unpaired) electrons. The molecule has 1 fully saturated rings. The molecular weight excluding hydrogens is 252 g/mol. The molecule has 0 saturated carbocycles. The Balaban J connectivity index is 2.17. The number of methoxy groups -OCH3 is 1. The average molecular weight is 276 g/mol. The van der Waals surface area contributed by atoms with E-state index < -0.39 is 0 Å². The predicted octanol–water partition coefficient (Wildman–Crippen LogP) is -0.0148. The summed E-state index contributed by atoms with van der Waals surface area (Å²) in [5.74, 6) is 0.532. The number of aliphatic hydroxyl groups is 1. The first-order valence-corrected chi connectivity index (χ1v) is 7.52. The highest BCUT2D eigenvalue weighted by Gasteiger charge is 2.16. The van der Waals surface area contributed by atoms with Crippen LogP contribution in [0.4, 0.5) is 0 Å². The molecule has 6 heteroatoms. The highest BCUT2D eigenvalue weighted by molar-refractivity contribution is 8.00. The van der Waals surface area contributed by atoms with Gasteiger partial charge in [-0.25, -0.2) is 0 Å². The zero-order chi connectivity index (χ0) is 13.2. The summed E-state index contributed by atoms with van der Waals surface area (Å²) < 4.78 is 5.01. The van der Waals surface area contributed by atoms with Crippen LogP contribution in [0.5, 0.6) is 0 Å². The molecule has 0 aromatic heterocycles. The topological polar surface area (TPSA) is 70.6 Å². The molecule has 0 bridgehead atoms. The van der Waals surface area contributed by atoms with Crippen molar-refractivity contribution in [2.24, 2.45) is 0 Å². The molecule has 1 amide bonds. The third-order valence-electron chi connectivity index (χ3n) is 2.95. The highest BCUT2D eigenvalue weighted by Crippen LogP contribution is 2.19. The summed E-state index contributed by atoms with van der Waals surface area (Å²) in [5, 5.41) is 15.7. The van der Waals surface area contributed by atoms with Crippen LogP contribution in [0.1, 0.15) is 19.3 Å². The second-order valence-corrected chi connectivity index (χ2v) is 5.78. The minimum atomic E-state index is -0.0823. The predicted molar refractivity (Wildman–Crippen MR) is 73.9 cm³/mol. The van der Waals surface area contributed by atoms with Gasteiger partial charge in [-0.05, 0) is 32.4 Å². The monoisotopic (exact) mass is 276 g/mol. The Morgan fingerprint density at radius 1 is 1.56 bits per heavy atom. The van der Waals surface area contributed by atoms with E-state index in [9.17, 15) is 4.79 Å². The van der Waals surface area contributed by atoms with Crippen molar-refractivity contribution in [1.29, 1.82) is 0 Å². The second-order valence-electron chi connectivity index (χ2n) is 4.49. The van der Waals surface area contributed by atoms with Gasteiger partial charge in [0.25, 0.3) is 0 Å². The fourth-order valence-corrected chi connectivity index (χ4v) is 3.02. The standard InChI is InChI=1S/C12H24N2O3S/c1-17-8-10(4-7-15)14-12(16)9-18-11-2-5-13-6-3-11/h10-11,13,15H,2-9H2,1H3,(H,14,16). The molecule has 0 aromatic carbocycles. The normalized spacial score (nSPS) is 18.6. The van der Waals surface area contributed by atoms with Crippen LogP contribution < -0.4 is 10.6 Å². The van der Waals surface area contributed by atoms with Crippen molar-refractivity contribution in [2.75, 3.05) is 39.2 Å². The van der Waals surface area contributed by atoms with Gasteiger partial charge in [-0.3, -0.25) is 4.79 Å². The van der Waals surface area contributed by atoms with Gasteiger partial charge in [0.05, 0.1) is 18.4 Å². The fraction of sp³-hybridized carbons (Fsp3) is 0.917. The summed E-state index contributed by atoms with van der Waals surface area (Å²) in [6, 6.07) is -0.0823. The Bertz CT molecular complexity index is 229. The van der Waals surface area contributed by atoms with Crippen LogP contribution in [-0.4, -0.2) is 61.5 Å². The van der Waals surface area contributed by atoms with Gasteiger partial charge in [-0.1, -0.05) is 0 Å². The van der Waals surface area contributed by atoms with E-state index in [-0.39, 0.29) is 18.6 Å². The molecule has 18 heavy (non-hydrogen) atoms. The SMILES string of the molecule is COCC(CCO)NC(=O)CSC1CCNCC1. The summed E-state index contributed by atoms with van der Waals surface area (Å²) in [4.78, 5) is 11.8. The highest BCUT2D eigenvalue weighted by atomic mass is 32.2. The van der Waals surface area contributed by atoms with E-state index in [4.69, 9.17) is 9.84 Å². The van der Waals surface area contributed by atoms with Crippen molar-refractivity contribution in [3.8, 4) is 0 Å². The Hall–Kier alpha value is -0.300. The van der Waals surface area contributed by atoms with Crippen LogP contribution in [0.25, 0.3) is 0 Å². The minimum Gasteiger partial charge on any atom is -0.396 e. The lowest BCUT2D eigenvalue weighted by Gasteiger charge is -2.22. The molecule has 1 unspecified atom stereocenters. The summed E-state index contributed by atoms with van der Waals surface area (Å²) in [7, 11) is 1.60. The van der Waals surface area contributed by atoms with Gasteiger partial charge in [0.2, 0.25) is 5.91 Å². The number of amides is 1. The number of thioether (sulfide) groups is 1. The first-order chi connectivity index (χ1) is 8.76. The number of ether oxygens (including phenoxy) is 1. The lowest BCUT2D eigenvalue weighted by molar-refractivity contribution is -0.119. The summed E-state index contributed by atoms with van der Waals surface area (Å²) in [6.45, 7) is 2.62. The quantitative estimate of drug-likeness (QED) is 0.581. The number of hydrogen-bond acceptors (Lipinski definition) is 5. The molecule has 1 saturated heterocycles. The largest absolute Gasteiger partial charge is 0.396 e. The van der Waals surface area contributed by atoms with Gasteiger partial charge in [0.15, 0.2) is 0 Å². The van der Waals surface area contributed by atoms with Crippen LogP contribution in [-0.2, 0) is 9.53 Å². The smallest absolute Gasteiger partial charge is 0.230 e. The van der Waals surface area contributed by atoms with Crippen molar-refractivity contribution < 1.29 is 14.6 Å². The Kier molecular flexibility index (Phi) is 8.41. The molecule has 0 spiro atoms. The molecule has 1 rings (SSSR count). The van der Waals surface area contributed by atoms with Crippen molar-refractivity contribution >= 4 is 17.7 Å². The van der Waals surface area contributed by atoms with E-state index >= 15 is 0 Å². The molecular formula is C12H24N2O3S. The van der Waals surface area contributed by atoms with E-state index in [2.05, 4.69) is 10.6 Å². The maximum absolute atomic E-state index is 11.8. The number of aliphatic hydroxyl groups excluding tert-OH is 1. The number of nitrogens with one attached hydrogen (secondary N) is 2. The Morgan fingerprint density at radius 3 is 2.89 bits per heavy atom. The summed E-state index contributed by atoms with van der Waals surface area (Å²) in [5.41, 5.74) is 0. The summed E-state index contributed by atoms with van der Waals surface area (Å²) >= 11 is 1.73. The lowest BCUT2D eigenvalue weighted by Crippen LogP contribution is -2.40. The van der Waals surface area contributed by atoms with Crippen molar-refractivity contribution in [2.45, 2.75) is 30.6 Å². The van der Waals surface area contributed by atoms with E-state index in [1.165, 1.54) is 0 Å². The Labute approximate surface area is 113 Å². The van der Waals surface area contributed by atoms with Crippen molar-refractivity contribution in [1.82, 2.24) is 10.6 Å². The lowest BCUT2D eigenvalue weighted by atomic mass is 10.2. The maximum Gasteiger partial charge on any atom is 0.230 e. The van der Waals surface area contributed by atoms with Gasteiger partial charge in [0, 0.05) is 19.0 Å². The van der Waals surface area contributed by atoms with Gasteiger partial charge < -0.3 is 20.5 Å². The molecule has 1 atom stereocenters. The molecule has 1 aliphatic heterocycles. The van der Waals surface area contributed by atoms with Crippen LogP contribution in [0.3, 0.4) is 0 Å². The van der Waals surface area contributed by atoms with Crippen molar-refractivity contribution in [3.05, 3.63) is 0 Å². The summed E-state index contributed by atoms with van der Waals surface area (Å²) in [6.07, 6.45) is 2.81. The fourth-order valence-electron chi connectivity index (χ4n) is 1.98. The molecule has 0 aromatic rings. The molecule has 0 aliphatic carbocycles. The maximum atomic E-state index is 11.8. The van der Waals surface area contributed by atoms with Crippen LogP contribution >= 0.6 is 11.8 Å². The molecule has 3 N–H and O–H groups in total. The van der Waals surface area contributed by atoms with Gasteiger partial charge in [-0.2, -0.15) is 0 Å². The van der Waals surface area contributed by atoms with E-state index in [0.29, 0.717) is 24.0 Å². The zero-order valence-corrected chi connectivity index (χ0v) is 11.8. The molecule has 1 aliphatic rings. The third kappa shape index (κ3) is 6.58. The molecule has 106 valence electrons. The van der Waals surface area contributed by atoms with E-state index in [1.807, 2.05) is 0 Å². The van der Waals surface area contributed by atoms with Crippen LogP contribution in [0.15, 0.2) is 0 Å². The molecule has 5 nitrogen and oxygen atoms in total. The number of carbonyl (C=O) groups is 1. The first-order valence-electron chi connectivity index (χ1n) is 6.47. The zero-order valence-electron chi connectivity index (χ0n) is 11.0. The Morgan fingerprint density at radius 2 is 2.28 bits per heavy atom. The third-order valence-corrected chi connectivity index (χ3v) is 4.32. The second kappa shape index (κ2) is 9.61. The number of carbonyl (C=O) groups excluding carboxylic acids is 1. The van der Waals surface area contributed by atoms with Crippen LogP contribution in [0, 0.1) is 0 Å². The van der Waals surface area contributed by atoms with E-state index in [1.54, 1.807) is 18.9 Å². The first kappa shape index (κ1) is 15.8.